The Balaban J connectivity index is 2.04. The zero-order chi connectivity index (χ0) is 14.1. The van der Waals surface area contributed by atoms with Crippen LogP contribution in [-0.4, -0.2) is 26.6 Å². The van der Waals surface area contributed by atoms with Gasteiger partial charge in [-0.25, -0.2) is 15.0 Å². The van der Waals surface area contributed by atoms with Gasteiger partial charge in [0.2, 0.25) is 0 Å². The zero-order valence-electron chi connectivity index (χ0n) is 10.9. The van der Waals surface area contributed by atoms with Gasteiger partial charge in [-0.05, 0) is 6.07 Å². The van der Waals surface area contributed by atoms with Gasteiger partial charge in [0, 0.05) is 17.3 Å². The van der Waals surface area contributed by atoms with Gasteiger partial charge in [0.05, 0.1) is 20.0 Å². The first-order valence-corrected chi connectivity index (χ1v) is 6.02. The summed E-state index contributed by atoms with van der Waals surface area (Å²) < 4.78 is 7.23. The van der Waals surface area contributed by atoms with E-state index in [4.69, 9.17) is 16.2 Å². The highest BCUT2D eigenvalue weighted by molar-refractivity contribution is 5.81. The van der Waals surface area contributed by atoms with Crippen LogP contribution in [0, 0.1) is 0 Å². The number of rotatable bonds is 3. The van der Waals surface area contributed by atoms with Gasteiger partial charge in [-0.15, -0.1) is 0 Å². The number of anilines is 2. The number of imidazole rings is 1. The van der Waals surface area contributed by atoms with Crippen LogP contribution in [0.5, 0.6) is 5.75 Å². The molecule has 0 bridgehead atoms. The molecule has 102 valence electrons. The van der Waals surface area contributed by atoms with E-state index < -0.39 is 0 Å². The standard InChI is InChI=1S/C13H14N6O/c1-20-10-4-9(14)3-2-8(10)5-19-7-18-11-12(15)16-6-17-13(11)19/h2-4,6-7H,5,14H2,1H3,(H2,15,16,17). The van der Waals surface area contributed by atoms with Gasteiger partial charge in [0.1, 0.15) is 17.6 Å². The van der Waals surface area contributed by atoms with Crippen molar-refractivity contribution in [2.24, 2.45) is 0 Å². The molecule has 0 radical (unpaired) electrons. The fraction of sp³-hybridized carbons (Fsp3) is 0.154. The molecule has 0 spiro atoms. The second-order valence-corrected chi connectivity index (χ2v) is 4.37. The number of nitrogens with two attached hydrogens (primary N) is 2. The van der Waals surface area contributed by atoms with Gasteiger partial charge >= 0.3 is 0 Å². The van der Waals surface area contributed by atoms with Gasteiger partial charge < -0.3 is 20.8 Å². The van der Waals surface area contributed by atoms with Crippen molar-refractivity contribution in [2.75, 3.05) is 18.6 Å². The lowest BCUT2D eigenvalue weighted by molar-refractivity contribution is 0.409. The Bertz CT molecular complexity index is 767. The first-order chi connectivity index (χ1) is 9.69. The van der Waals surface area contributed by atoms with E-state index in [-0.39, 0.29) is 0 Å². The summed E-state index contributed by atoms with van der Waals surface area (Å²) in [5.41, 5.74) is 14.5. The van der Waals surface area contributed by atoms with E-state index in [0.29, 0.717) is 29.2 Å². The molecule has 2 aromatic heterocycles. The Kier molecular flexibility index (Phi) is 2.86. The number of benzene rings is 1. The van der Waals surface area contributed by atoms with Crippen LogP contribution in [0.15, 0.2) is 30.9 Å². The average molecular weight is 270 g/mol. The van der Waals surface area contributed by atoms with Crippen molar-refractivity contribution in [1.82, 2.24) is 19.5 Å². The summed E-state index contributed by atoms with van der Waals surface area (Å²) in [6.45, 7) is 0.566. The first-order valence-electron chi connectivity index (χ1n) is 6.02. The summed E-state index contributed by atoms with van der Waals surface area (Å²) in [7, 11) is 1.62. The Morgan fingerprint density at radius 3 is 2.85 bits per heavy atom. The Morgan fingerprint density at radius 2 is 2.05 bits per heavy atom. The minimum atomic E-state index is 0.373. The molecule has 0 saturated carbocycles. The fourth-order valence-corrected chi connectivity index (χ4v) is 2.09. The van der Waals surface area contributed by atoms with Gasteiger partial charge in [0.15, 0.2) is 11.5 Å². The van der Waals surface area contributed by atoms with Crippen LogP contribution in [0.2, 0.25) is 0 Å². The molecule has 1 aromatic carbocycles. The predicted molar refractivity (Wildman–Crippen MR) is 76.2 cm³/mol. The second kappa shape index (κ2) is 4.69. The highest BCUT2D eigenvalue weighted by Gasteiger charge is 2.10. The van der Waals surface area contributed by atoms with Crippen LogP contribution in [-0.2, 0) is 6.54 Å². The third-order valence-electron chi connectivity index (χ3n) is 3.08. The number of nitrogens with zero attached hydrogens (tertiary/aromatic N) is 4. The maximum Gasteiger partial charge on any atom is 0.165 e. The summed E-state index contributed by atoms with van der Waals surface area (Å²) in [4.78, 5) is 12.4. The minimum Gasteiger partial charge on any atom is -0.496 e. The van der Waals surface area contributed by atoms with Crippen molar-refractivity contribution in [3.63, 3.8) is 0 Å². The number of nitrogen functional groups attached to an aromatic ring is 2. The topological polar surface area (TPSA) is 105 Å². The Hall–Kier alpha value is -2.83. The molecule has 0 aliphatic carbocycles. The third-order valence-corrected chi connectivity index (χ3v) is 3.08. The van der Waals surface area contributed by atoms with Crippen molar-refractivity contribution in [3.8, 4) is 5.75 Å². The van der Waals surface area contributed by atoms with Gasteiger partial charge in [-0.3, -0.25) is 0 Å². The fourth-order valence-electron chi connectivity index (χ4n) is 2.09. The summed E-state index contributed by atoms with van der Waals surface area (Å²) in [6.07, 6.45) is 3.11. The molecule has 7 heteroatoms. The van der Waals surface area contributed by atoms with Crippen molar-refractivity contribution in [1.29, 1.82) is 0 Å². The molecule has 0 fully saturated rings. The Morgan fingerprint density at radius 1 is 1.20 bits per heavy atom. The number of methoxy groups -OCH3 is 1. The monoisotopic (exact) mass is 270 g/mol. The van der Waals surface area contributed by atoms with Crippen molar-refractivity contribution >= 4 is 22.7 Å². The molecular formula is C13H14N6O. The molecule has 2 heterocycles. The smallest absolute Gasteiger partial charge is 0.165 e. The van der Waals surface area contributed by atoms with E-state index >= 15 is 0 Å². The van der Waals surface area contributed by atoms with Crippen LogP contribution in [0.4, 0.5) is 11.5 Å². The summed E-state index contributed by atoms with van der Waals surface area (Å²) in [5, 5.41) is 0. The highest BCUT2D eigenvalue weighted by atomic mass is 16.5. The van der Waals surface area contributed by atoms with Gasteiger partial charge in [0.25, 0.3) is 0 Å². The molecule has 7 nitrogen and oxygen atoms in total. The summed E-state index contributed by atoms with van der Waals surface area (Å²) >= 11 is 0. The number of hydrogen-bond acceptors (Lipinski definition) is 6. The minimum absolute atomic E-state index is 0.373. The molecular weight excluding hydrogens is 256 g/mol. The van der Waals surface area contributed by atoms with Crippen LogP contribution < -0.4 is 16.2 Å². The van der Waals surface area contributed by atoms with Gasteiger partial charge in [-0.2, -0.15) is 0 Å². The normalized spacial score (nSPS) is 10.8. The maximum atomic E-state index is 5.77. The molecule has 3 rings (SSSR count). The molecule has 0 amide bonds. The van der Waals surface area contributed by atoms with E-state index in [2.05, 4.69) is 15.0 Å². The van der Waals surface area contributed by atoms with Crippen LogP contribution in [0.25, 0.3) is 11.2 Å². The van der Waals surface area contributed by atoms with E-state index in [9.17, 15) is 0 Å². The largest absolute Gasteiger partial charge is 0.496 e. The lowest BCUT2D eigenvalue weighted by Gasteiger charge is -2.10. The quantitative estimate of drug-likeness (QED) is 0.689. The van der Waals surface area contributed by atoms with Crippen molar-refractivity contribution < 1.29 is 4.74 Å². The molecule has 0 unspecified atom stereocenters. The first kappa shape index (κ1) is 12.2. The maximum absolute atomic E-state index is 5.77. The number of ether oxygens (including phenoxy) is 1. The SMILES string of the molecule is COc1cc(N)ccc1Cn1cnc2c(N)ncnc21. The molecule has 20 heavy (non-hydrogen) atoms. The number of fused-ring (bicyclic) bond motifs is 1. The third kappa shape index (κ3) is 1.99. The van der Waals surface area contributed by atoms with Gasteiger partial charge in [-0.1, -0.05) is 6.07 Å². The lowest BCUT2D eigenvalue weighted by Crippen LogP contribution is -2.03. The average Bonchev–Trinajstić information content (AvgIpc) is 2.85. The lowest BCUT2D eigenvalue weighted by atomic mass is 10.2. The van der Waals surface area contributed by atoms with Crippen molar-refractivity contribution in [2.45, 2.75) is 6.54 Å². The van der Waals surface area contributed by atoms with E-state index in [1.807, 2.05) is 16.7 Å². The molecule has 0 saturated heterocycles. The second-order valence-electron chi connectivity index (χ2n) is 4.37. The van der Waals surface area contributed by atoms with E-state index in [1.54, 1.807) is 19.5 Å². The summed E-state index contributed by atoms with van der Waals surface area (Å²) in [5.74, 6) is 1.10. The predicted octanol–water partition coefficient (Wildman–Crippen LogP) is 1.05. The molecule has 3 aromatic rings. The van der Waals surface area contributed by atoms with Crippen LogP contribution >= 0.6 is 0 Å². The molecule has 0 aliphatic rings. The van der Waals surface area contributed by atoms with Crippen molar-refractivity contribution in [3.05, 3.63) is 36.4 Å². The number of hydrogen-bond donors (Lipinski definition) is 2. The molecule has 0 atom stereocenters. The Labute approximate surface area is 115 Å². The van der Waals surface area contributed by atoms with Crippen LogP contribution in [0.1, 0.15) is 5.56 Å². The zero-order valence-corrected chi connectivity index (χ0v) is 10.9. The molecule has 4 N–H and O–H groups in total. The molecule has 0 aliphatic heterocycles. The highest BCUT2D eigenvalue weighted by Crippen LogP contribution is 2.24. The van der Waals surface area contributed by atoms with Crippen LogP contribution in [0.3, 0.4) is 0 Å². The van der Waals surface area contributed by atoms with E-state index in [1.165, 1.54) is 6.33 Å². The summed E-state index contributed by atoms with van der Waals surface area (Å²) in [6, 6.07) is 5.54. The van der Waals surface area contributed by atoms with E-state index in [0.717, 1.165) is 11.3 Å². The number of aromatic nitrogens is 4.